The summed E-state index contributed by atoms with van der Waals surface area (Å²) in [6.07, 6.45) is -6.24. The molecule has 0 radical (unpaired) electrons. The molecule has 82 heavy (non-hydrogen) atoms. The summed E-state index contributed by atoms with van der Waals surface area (Å²) in [7, 11) is -0.568. The standard InChI is InChI=1S/C30H39O6S.C24BCl4F16/c1-4-31-19-22-34-25-13-7-10-16-28(25)37(29-17-11-8-14-26(29)35-23-20-32-5-2)30-18-12-9-15-27(30)36-24-21-33-6-3;26-5-1(9(30)17(38)21(42)13(5)34)25(2-6(27)14(35)22(43)18(39)10(2)31,3-7(28)15(36)23(44)19(40)11(3)32)4-8(29)16(37)24(45)20(41)12(4)33/h7-18H,4-6,19-24H2,1-3H3;/q+1;-1. The highest BCUT2D eigenvalue weighted by Crippen LogP contribution is 2.44. The predicted molar refractivity (Wildman–Crippen MR) is 277 cm³/mol. The maximum absolute atomic E-state index is 15.8. The van der Waals surface area contributed by atoms with Crippen molar-refractivity contribution in [2.45, 2.75) is 35.5 Å². The van der Waals surface area contributed by atoms with Gasteiger partial charge in [-0.15, -0.1) is 21.9 Å². The van der Waals surface area contributed by atoms with Gasteiger partial charge in [-0.3, -0.25) is 0 Å². The van der Waals surface area contributed by atoms with Crippen molar-refractivity contribution >= 4 is 85.3 Å². The Balaban J connectivity index is 0.000000269. The zero-order chi connectivity index (χ0) is 60.5. The van der Waals surface area contributed by atoms with Crippen LogP contribution >= 0.6 is 46.4 Å². The largest absolute Gasteiger partial charge is 0.486 e. The minimum absolute atomic E-state index is 0.473. The van der Waals surface area contributed by atoms with Gasteiger partial charge in [-0.1, -0.05) is 82.8 Å². The molecular formula is C54H39BCl4F16O6S. The molecule has 440 valence electrons. The molecule has 7 aromatic carbocycles. The third kappa shape index (κ3) is 12.7. The van der Waals surface area contributed by atoms with Gasteiger partial charge in [-0.2, -0.15) is 0 Å². The highest BCUT2D eigenvalue weighted by molar-refractivity contribution is 7.97. The highest BCUT2D eigenvalue weighted by Gasteiger charge is 2.51. The van der Waals surface area contributed by atoms with Gasteiger partial charge in [-0.05, 0) is 57.2 Å². The van der Waals surface area contributed by atoms with E-state index in [1.54, 1.807) is 0 Å². The van der Waals surface area contributed by atoms with Crippen LogP contribution in [-0.4, -0.2) is 65.6 Å². The molecule has 6 nitrogen and oxygen atoms in total. The summed E-state index contributed by atoms with van der Waals surface area (Å²) < 4.78 is 273. The van der Waals surface area contributed by atoms with Crippen LogP contribution < -0.4 is 36.1 Å². The monoisotopic (exact) mass is 1270 g/mol. The molecule has 0 atom stereocenters. The van der Waals surface area contributed by atoms with Gasteiger partial charge < -0.3 is 28.4 Å². The SMILES string of the molecule is CCOCCOc1ccccc1[S+](c1ccccc1OCCOCC)c1ccccc1OCCOCC.Fc1c(F)c(F)c([B-](c2c(F)c(F)c(F)c(F)c2Cl)(c2c(F)c(F)c(F)c(F)c2Cl)c2c(F)c(F)c(F)c(F)c2Cl)c(Cl)c1F. The molecule has 0 saturated heterocycles. The van der Waals surface area contributed by atoms with Crippen LogP contribution in [0.3, 0.4) is 0 Å². The van der Waals surface area contributed by atoms with Gasteiger partial charge in [0.2, 0.25) is 14.7 Å². The first-order valence-electron chi connectivity index (χ1n) is 23.9. The Labute approximate surface area is 479 Å². The Morgan fingerprint density at radius 2 is 0.512 bits per heavy atom. The first-order chi connectivity index (χ1) is 39.0. The fourth-order valence-electron chi connectivity index (χ4n) is 8.51. The van der Waals surface area contributed by atoms with E-state index < -0.39 is 152 Å². The summed E-state index contributed by atoms with van der Waals surface area (Å²) >= 11 is 22.3. The van der Waals surface area contributed by atoms with Crippen molar-refractivity contribution in [3.63, 3.8) is 0 Å². The molecule has 0 bridgehead atoms. The number of hydrogen-bond donors (Lipinski definition) is 0. The van der Waals surface area contributed by atoms with Crippen molar-refractivity contribution in [2.24, 2.45) is 0 Å². The van der Waals surface area contributed by atoms with Crippen LogP contribution in [0.5, 0.6) is 17.2 Å². The summed E-state index contributed by atoms with van der Waals surface area (Å²) in [6.45, 7) is 11.0. The van der Waals surface area contributed by atoms with Gasteiger partial charge in [0, 0.05) is 39.9 Å². The lowest BCUT2D eigenvalue weighted by Crippen LogP contribution is -2.79. The summed E-state index contributed by atoms with van der Waals surface area (Å²) in [5.74, 6) is -45.8. The maximum atomic E-state index is 15.8. The van der Waals surface area contributed by atoms with Crippen molar-refractivity contribution in [1.82, 2.24) is 0 Å². The molecule has 28 heteroatoms. The normalized spacial score (nSPS) is 11.6. The fourth-order valence-corrected chi connectivity index (χ4v) is 12.2. The van der Waals surface area contributed by atoms with Crippen LogP contribution in [0.4, 0.5) is 70.2 Å². The first-order valence-corrected chi connectivity index (χ1v) is 26.6. The van der Waals surface area contributed by atoms with Crippen LogP contribution in [-0.2, 0) is 25.1 Å². The Hall–Kier alpha value is -5.73. The van der Waals surface area contributed by atoms with Gasteiger partial charge in [0.25, 0.3) is 0 Å². The molecule has 0 aliphatic rings. The molecular weight excluding hydrogens is 1230 g/mol. The van der Waals surface area contributed by atoms with E-state index in [0.29, 0.717) is 59.5 Å². The summed E-state index contributed by atoms with van der Waals surface area (Å²) in [4.78, 5) is 3.17. The molecule has 7 aromatic rings. The molecule has 0 aliphatic heterocycles. The molecule has 0 heterocycles. The second-order valence-corrected chi connectivity index (χ2v) is 20.0. The molecule has 0 aromatic heterocycles. The van der Waals surface area contributed by atoms with Crippen LogP contribution in [0.25, 0.3) is 0 Å². The molecule has 0 saturated carbocycles. The lowest BCUT2D eigenvalue weighted by molar-refractivity contribution is 0.108. The molecule has 0 unspecified atom stereocenters. The minimum atomic E-state index is -6.24. The van der Waals surface area contributed by atoms with Crippen molar-refractivity contribution in [1.29, 1.82) is 0 Å². The van der Waals surface area contributed by atoms with E-state index in [2.05, 4.69) is 18.2 Å². The molecule has 0 fully saturated rings. The number of rotatable bonds is 22. The van der Waals surface area contributed by atoms with Gasteiger partial charge in [0.15, 0.2) is 87.1 Å². The quantitative estimate of drug-likeness (QED) is 0.0168. The van der Waals surface area contributed by atoms with Gasteiger partial charge in [0.05, 0.1) is 19.8 Å². The Kier molecular flexibility index (Phi) is 22.9. The summed E-state index contributed by atoms with van der Waals surface area (Å²) in [5, 5.41) is -9.69. The zero-order valence-corrected chi connectivity index (χ0v) is 46.1. The average molecular weight is 1270 g/mol. The fraction of sp³-hybridized carbons (Fsp3) is 0.222. The smallest absolute Gasteiger partial charge is 0.208 e. The van der Waals surface area contributed by atoms with E-state index in [9.17, 15) is 52.7 Å². The van der Waals surface area contributed by atoms with Crippen molar-refractivity contribution in [3.8, 4) is 17.2 Å². The van der Waals surface area contributed by atoms with E-state index in [4.69, 9.17) is 74.8 Å². The molecule has 0 aliphatic carbocycles. The third-order valence-corrected chi connectivity index (χ3v) is 15.8. The van der Waals surface area contributed by atoms with E-state index in [-0.39, 0.29) is 0 Å². The maximum Gasteiger partial charge on any atom is 0.208 e. The highest BCUT2D eigenvalue weighted by atomic mass is 35.5. The lowest BCUT2D eigenvalue weighted by atomic mass is 9.12. The number of halogens is 20. The lowest BCUT2D eigenvalue weighted by Gasteiger charge is -2.46. The Bertz CT molecular complexity index is 2950. The number of ether oxygens (including phenoxy) is 6. The topological polar surface area (TPSA) is 55.4 Å². The zero-order valence-electron chi connectivity index (χ0n) is 42.3. The molecule has 0 N–H and O–H groups in total. The number of hydrogen-bond acceptors (Lipinski definition) is 6. The van der Waals surface area contributed by atoms with Crippen molar-refractivity contribution in [3.05, 3.63) is 186 Å². The van der Waals surface area contributed by atoms with Crippen LogP contribution in [0.15, 0.2) is 87.5 Å². The van der Waals surface area contributed by atoms with Gasteiger partial charge in [-0.25, -0.2) is 70.2 Å². The first kappa shape index (κ1) is 65.4. The average Bonchev–Trinajstić information content (AvgIpc) is 1.02. The van der Waals surface area contributed by atoms with E-state index in [1.807, 2.05) is 75.4 Å². The Morgan fingerprint density at radius 3 is 0.732 bits per heavy atom. The van der Waals surface area contributed by atoms with E-state index >= 15 is 17.6 Å². The third-order valence-electron chi connectivity index (χ3n) is 12.0. The van der Waals surface area contributed by atoms with Crippen molar-refractivity contribution < 1.29 is 98.7 Å². The second-order valence-electron chi connectivity index (χ2n) is 16.6. The number of benzene rings is 7. The van der Waals surface area contributed by atoms with E-state index in [1.165, 1.54) is 0 Å². The molecule has 0 amide bonds. The van der Waals surface area contributed by atoms with Gasteiger partial charge in [0.1, 0.15) is 60.1 Å². The molecule has 7 rings (SSSR count). The predicted octanol–water partition coefficient (Wildman–Crippen LogP) is 13.9. The van der Waals surface area contributed by atoms with E-state index in [0.717, 1.165) is 31.9 Å². The van der Waals surface area contributed by atoms with Crippen LogP contribution in [0.2, 0.25) is 20.1 Å². The Morgan fingerprint density at radius 1 is 0.305 bits per heavy atom. The van der Waals surface area contributed by atoms with Crippen LogP contribution in [0.1, 0.15) is 20.8 Å². The van der Waals surface area contributed by atoms with Gasteiger partial charge >= 0.3 is 0 Å². The second kappa shape index (κ2) is 28.7. The minimum Gasteiger partial charge on any atom is -0.486 e. The van der Waals surface area contributed by atoms with Crippen molar-refractivity contribution in [2.75, 3.05) is 59.5 Å². The number of para-hydroxylation sites is 3. The van der Waals surface area contributed by atoms with Crippen LogP contribution in [0, 0.1) is 93.1 Å². The summed E-state index contributed by atoms with van der Waals surface area (Å²) in [6, 6.07) is 24.5. The summed E-state index contributed by atoms with van der Waals surface area (Å²) in [5.41, 5.74) is -10.7. The molecule has 0 spiro atoms.